The topological polar surface area (TPSA) is 50.4 Å². The van der Waals surface area contributed by atoms with Crippen LogP contribution in [0.2, 0.25) is 10.0 Å². The van der Waals surface area contributed by atoms with E-state index >= 15 is 0 Å². The van der Waals surface area contributed by atoms with E-state index in [0.29, 0.717) is 22.3 Å². The van der Waals surface area contributed by atoms with Crippen LogP contribution in [0.5, 0.6) is 5.75 Å². The molecule has 3 aromatic rings. The minimum absolute atomic E-state index is 0.0497. The van der Waals surface area contributed by atoms with Gasteiger partial charge >= 0.3 is 0 Å². The molecule has 144 valence electrons. The van der Waals surface area contributed by atoms with E-state index in [2.05, 4.69) is 10.6 Å². The standard InChI is InChI=1S/C22H20Cl2N2O2/c1-15-3-2-4-18(11-15)26-22(27)14-28-19-8-5-16(6-9-19)13-25-21-10-7-17(23)12-20(21)24/h2-12,25H,13-14H2,1H3,(H,26,27). The summed E-state index contributed by atoms with van der Waals surface area (Å²) in [5.74, 6) is 0.432. The first-order valence-electron chi connectivity index (χ1n) is 8.77. The summed E-state index contributed by atoms with van der Waals surface area (Å²) in [6.07, 6.45) is 0. The van der Waals surface area contributed by atoms with E-state index in [1.54, 1.807) is 12.1 Å². The molecular weight excluding hydrogens is 395 g/mol. The molecule has 28 heavy (non-hydrogen) atoms. The SMILES string of the molecule is Cc1cccc(NC(=O)COc2ccc(CNc3ccc(Cl)cc3Cl)cc2)c1. The number of hydrogen-bond acceptors (Lipinski definition) is 3. The number of carbonyl (C=O) groups excluding carboxylic acids is 1. The maximum Gasteiger partial charge on any atom is 0.262 e. The quantitative estimate of drug-likeness (QED) is 0.503. The largest absolute Gasteiger partial charge is 0.484 e. The third kappa shape index (κ3) is 5.91. The molecule has 3 rings (SSSR count). The van der Waals surface area contributed by atoms with Gasteiger partial charge in [-0.3, -0.25) is 4.79 Å². The molecule has 0 atom stereocenters. The van der Waals surface area contributed by atoms with Crippen LogP contribution in [0.15, 0.2) is 66.7 Å². The molecule has 0 saturated heterocycles. The number of ether oxygens (including phenoxy) is 1. The molecule has 0 heterocycles. The van der Waals surface area contributed by atoms with Gasteiger partial charge in [0.15, 0.2) is 6.61 Å². The fourth-order valence-corrected chi connectivity index (χ4v) is 3.08. The minimum atomic E-state index is -0.200. The maximum absolute atomic E-state index is 12.0. The van der Waals surface area contributed by atoms with Crippen LogP contribution in [-0.2, 0) is 11.3 Å². The van der Waals surface area contributed by atoms with E-state index in [-0.39, 0.29) is 12.5 Å². The Kier molecular flexibility index (Phi) is 6.80. The molecule has 3 aromatic carbocycles. The van der Waals surface area contributed by atoms with Crippen LogP contribution in [0, 0.1) is 6.92 Å². The lowest BCUT2D eigenvalue weighted by Gasteiger charge is -2.10. The van der Waals surface area contributed by atoms with Crippen LogP contribution in [0.3, 0.4) is 0 Å². The molecule has 4 nitrogen and oxygen atoms in total. The number of halogens is 2. The number of anilines is 2. The molecule has 2 N–H and O–H groups in total. The summed E-state index contributed by atoms with van der Waals surface area (Å²) in [6, 6.07) is 20.5. The molecule has 0 radical (unpaired) electrons. The fraction of sp³-hybridized carbons (Fsp3) is 0.136. The zero-order chi connectivity index (χ0) is 19.9. The molecule has 0 spiro atoms. The monoisotopic (exact) mass is 414 g/mol. The molecule has 0 bridgehead atoms. The van der Waals surface area contributed by atoms with Gasteiger partial charge in [-0.05, 0) is 60.5 Å². The number of hydrogen-bond donors (Lipinski definition) is 2. The van der Waals surface area contributed by atoms with E-state index in [4.69, 9.17) is 27.9 Å². The summed E-state index contributed by atoms with van der Waals surface area (Å²) < 4.78 is 5.55. The van der Waals surface area contributed by atoms with Crippen molar-refractivity contribution >= 4 is 40.5 Å². The normalized spacial score (nSPS) is 10.4. The first kappa shape index (κ1) is 20.1. The van der Waals surface area contributed by atoms with Crippen molar-refractivity contribution in [1.29, 1.82) is 0 Å². The van der Waals surface area contributed by atoms with Gasteiger partial charge in [-0.15, -0.1) is 0 Å². The Bertz CT molecular complexity index is 959. The van der Waals surface area contributed by atoms with Crippen LogP contribution >= 0.6 is 23.2 Å². The molecule has 0 aliphatic heterocycles. The van der Waals surface area contributed by atoms with Crippen molar-refractivity contribution in [3.05, 3.63) is 87.9 Å². The van der Waals surface area contributed by atoms with Crippen molar-refractivity contribution in [2.75, 3.05) is 17.2 Å². The zero-order valence-corrected chi connectivity index (χ0v) is 16.8. The van der Waals surface area contributed by atoms with Crippen LogP contribution in [0.4, 0.5) is 11.4 Å². The Hall–Kier alpha value is -2.69. The van der Waals surface area contributed by atoms with Gasteiger partial charge in [0.2, 0.25) is 0 Å². The minimum Gasteiger partial charge on any atom is -0.484 e. The highest BCUT2D eigenvalue weighted by Crippen LogP contribution is 2.26. The maximum atomic E-state index is 12.0. The summed E-state index contributed by atoms with van der Waals surface area (Å²) in [4.78, 5) is 12.0. The number of rotatable bonds is 7. The number of aryl methyl sites for hydroxylation is 1. The second kappa shape index (κ2) is 9.49. The van der Waals surface area contributed by atoms with Crippen molar-refractivity contribution in [3.8, 4) is 5.75 Å². The van der Waals surface area contributed by atoms with Crippen molar-refractivity contribution < 1.29 is 9.53 Å². The zero-order valence-electron chi connectivity index (χ0n) is 15.3. The van der Waals surface area contributed by atoms with Gasteiger partial charge in [0.25, 0.3) is 5.91 Å². The average Bonchev–Trinajstić information content (AvgIpc) is 2.66. The molecule has 6 heteroatoms. The van der Waals surface area contributed by atoms with Crippen molar-refractivity contribution in [3.63, 3.8) is 0 Å². The van der Waals surface area contributed by atoms with Gasteiger partial charge in [-0.25, -0.2) is 0 Å². The Balaban J connectivity index is 1.48. The Morgan fingerprint density at radius 1 is 1.00 bits per heavy atom. The Morgan fingerprint density at radius 3 is 2.50 bits per heavy atom. The molecule has 0 aliphatic rings. The third-order valence-corrected chi connectivity index (χ3v) is 4.56. The lowest BCUT2D eigenvalue weighted by Crippen LogP contribution is -2.20. The summed E-state index contributed by atoms with van der Waals surface area (Å²) in [5.41, 5.74) is 3.72. The second-order valence-corrected chi connectivity index (χ2v) is 7.17. The molecule has 0 unspecified atom stereocenters. The highest BCUT2D eigenvalue weighted by molar-refractivity contribution is 6.36. The Morgan fingerprint density at radius 2 is 1.79 bits per heavy atom. The lowest BCUT2D eigenvalue weighted by molar-refractivity contribution is -0.118. The van der Waals surface area contributed by atoms with Crippen LogP contribution in [0.1, 0.15) is 11.1 Å². The Labute approximate surface area is 174 Å². The van der Waals surface area contributed by atoms with E-state index < -0.39 is 0 Å². The van der Waals surface area contributed by atoms with Crippen molar-refractivity contribution in [1.82, 2.24) is 0 Å². The molecule has 0 aliphatic carbocycles. The lowest BCUT2D eigenvalue weighted by atomic mass is 10.2. The fourth-order valence-electron chi connectivity index (χ4n) is 2.60. The number of carbonyl (C=O) groups is 1. The molecule has 0 fully saturated rings. The van der Waals surface area contributed by atoms with Gasteiger partial charge in [0.05, 0.1) is 10.7 Å². The molecular formula is C22H20Cl2N2O2. The van der Waals surface area contributed by atoms with Gasteiger partial charge in [-0.2, -0.15) is 0 Å². The van der Waals surface area contributed by atoms with Crippen molar-refractivity contribution in [2.24, 2.45) is 0 Å². The number of benzene rings is 3. The molecule has 0 saturated carbocycles. The van der Waals surface area contributed by atoms with Crippen LogP contribution < -0.4 is 15.4 Å². The highest BCUT2D eigenvalue weighted by Gasteiger charge is 2.05. The van der Waals surface area contributed by atoms with Gasteiger partial charge < -0.3 is 15.4 Å². The first-order valence-corrected chi connectivity index (χ1v) is 9.52. The van der Waals surface area contributed by atoms with Crippen LogP contribution in [0.25, 0.3) is 0 Å². The summed E-state index contributed by atoms with van der Waals surface area (Å²) in [6.45, 7) is 2.53. The molecule has 1 amide bonds. The predicted molar refractivity (Wildman–Crippen MR) is 116 cm³/mol. The van der Waals surface area contributed by atoms with Crippen molar-refractivity contribution in [2.45, 2.75) is 13.5 Å². The second-order valence-electron chi connectivity index (χ2n) is 6.33. The van der Waals surface area contributed by atoms with E-state index in [9.17, 15) is 4.79 Å². The predicted octanol–water partition coefficient (Wildman–Crippen LogP) is 5.93. The van der Waals surface area contributed by atoms with Gasteiger partial charge in [0, 0.05) is 17.3 Å². The average molecular weight is 415 g/mol. The summed E-state index contributed by atoms with van der Waals surface area (Å²) >= 11 is 12.1. The molecule has 0 aromatic heterocycles. The summed E-state index contributed by atoms with van der Waals surface area (Å²) in [7, 11) is 0. The number of nitrogens with one attached hydrogen (secondary N) is 2. The number of amides is 1. The third-order valence-electron chi connectivity index (χ3n) is 4.01. The van der Waals surface area contributed by atoms with E-state index in [0.717, 1.165) is 22.5 Å². The van der Waals surface area contributed by atoms with E-state index in [1.165, 1.54) is 0 Å². The van der Waals surface area contributed by atoms with Gasteiger partial charge in [-0.1, -0.05) is 47.5 Å². The smallest absolute Gasteiger partial charge is 0.262 e. The first-order chi connectivity index (χ1) is 13.5. The highest BCUT2D eigenvalue weighted by atomic mass is 35.5. The summed E-state index contributed by atoms with van der Waals surface area (Å²) in [5, 5.41) is 7.26. The van der Waals surface area contributed by atoms with Crippen LogP contribution in [-0.4, -0.2) is 12.5 Å². The van der Waals surface area contributed by atoms with E-state index in [1.807, 2.05) is 61.5 Å². The van der Waals surface area contributed by atoms with Gasteiger partial charge in [0.1, 0.15) is 5.75 Å².